The minimum absolute atomic E-state index is 0.257. The first-order valence-electron chi connectivity index (χ1n) is 3.60. The van der Waals surface area contributed by atoms with Gasteiger partial charge in [-0.05, 0) is 0 Å². The summed E-state index contributed by atoms with van der Waals surface area (Å²) < 4.78 is 13.0. The Morgan fingerprint density at radius 2 is 1.85 bits per heavy atom. The summed E-state index contributed by atoms with van der Waals surface area (Å²) in [6.07, 6.45) is -0.966. The molecule has 0 spiro atoms. The number of halogens is 1. The van der Waals surface area contributed by atoms with Gasteiger partial charge in [-0.25, -0.2) is 4.79 Å². The maximum Gasteiger partial charge on any atom is 0.512 e. The summed E-state index contributed by atoms with van der Waals surface area (Å²) in [6, 6.07) is -0.295. The minimum atomic E-state index is -0.966. The van der Waals surface area contributed by atoms with Crippen molar-refractivity contribution >= 4 is 23.7 Å². The van der Waals surface area contributed by atoms with Gasteiger partial charge in [0.2, 0.25) is 6.79 Å². The van der Waals surface area contributed by atoms with E-state index in [0.717, 1.165) is 0 Å². The van der Waals surface area contributed by atoms with Crippen molar-refractivity contribution in [3.05, 3.63) is 0 Å². The van der Waals surface area contributed by atoms with Gasteiger partial charge in [-0.15, -0.1) is 0 Å². The molecule has 0 aromatic carbocycles. The summed E-state index contributed by atoms with van der Waals surface area (Å²) in [5.74, 6) is -0.702. The summed E-state index contributed by atoms with van der Waals surface area (Å²) in [6.45, 7) is 2.88. The zero-order valence-electron chi connectivity index (χ0n) is 7.41. The Kier molecular flexibility index (Phi) is 6.05. The molecule has 0 bridgehead atoms. The van der Waals surface area contributed by atoms with Gasteiger partial charge in [0.25, 0.3) is 0 Å². The molecule has 0 radical (unpaired) electrons. The van der Waals surface area contributed by atoms with Crippen LogP contribution in [-0.4, -0.2) is 25.0 Å². The molecule has 0 aromatic rings. The Morgan fingerprint density at radius 3 is 2.31 bits per heavy atom. The van der Waals surface area contributed by atoms with E-state index in [4.69, 9.17) is 11.6 Å². The molecule has 6 heteroatoms. The van der Waals surface area contributed by atoms with Gasteiger partial charge in [-0.3, -0.25) is 4.79 Å². The third-order valence-corrected chi connectivity index (χ3v) is 1.13. The molecule has 13 heavy (non-hydrogen) atoms. The van der Waals surface area contributed by atoms with E-state index in [1.165, 1.54) is 0 Å². The molecule has 0 atom stereocenters. The van der Waals surface area contributed by atoms with Gasteiger partial charge >= 0.3 is 12.1 Å². The highest BCUT2D eigenvalue weighted by Gasteiger charge is 2.09. The standard InChI is InChI=1S/C7H11ClO5/c1-5(2)6(9)12-4-13-7(10)11-3-8/h5H,3-4H2,1-2H3. The molecular weight excluding hydrogens is 200 g/mol. The van der Waals surface area contributed by atoms with E-state index in [-0.39, 0.29) is 12.0 Å². The second kappa shape index (κ2) is 6.54. The van der Waals surface area contributed by atoms with Gasteiger partial charge < -0.3 is 14.2 Å². The van der Waals surface area contributed by atoms with Crippen LogP contribution in [0.1, 0.15) is 13.8 Å². The van der Waals surface area contributed by atoms with Gasteiger partial charge in [0, 0.05) is 0 Å². The predicted octanol–water partition coefficient (Wildman–Crippen LogP) is 1.49. The number of rotatable bonds is 4. The molecule has 5 nitrogen and oxygen atoms in total. The number of esters is 1. The molecule has 0 rings (SSSR count). The Labute approximate surface area is 80.9 Å². The Balaban J connectivity index is 3.45. The topological polar surface area (TPSA) is 61.8 Å². The molecule has 0 aliphatic heterocycles. The van der Waals surface area contributed by atoms with E-state index in [0.29, 0.717) is 0 Å². The van der Waals surface area contributed by atoms with Crippen LogP contribution in [0.4, 0.5) is 4.79 Å². The van der Waals surface area contributed by atoms with Crippen LogP contribution < -0.4 is 0 Å². The van der Waals surface area contributed by atoms with E-state index in [2.05, 4.69) is 14.2 Å². The molecule has 0 saturated heterocycles. The van der Waals surface area contributed by atoms with Crippen molar-refractivity contribution in [1.82, 2.24) is 0 Å². The monoisotopic (exact) mass is 210 g/mol. The number of carbonyl (C=O) groups excluding carboxylic acids is 2. The lowest BCUT2D eigenvalue weighted by Crippen LogP contribution is -2.16. The smallest absolute Gasteiger partial charge is 0.427 e. The summed E-state index contributed by atoms with van der Waals surface area (Å²) in [5.41, 5.74) is 0. The van der Waals surface area contributed by atoms with Gasteiger partial charge in [0.05, 0.1) is 5.92 Å². The first-order valence-corrected chi connectivity index (χ1v) is 4.13. The van der Waals surface area contributed by atoms with Crippen LogP contribution in [0.25, 0.3) is 0 Å². The number of ether oxygens (including phenoxy) is 3. The number of alkyl halides is 1. The summed E-state index contributed by atoms with van der Waals surface area (Å²) >= 11 is 5.06. The molecule has 0 aromatic heterocycles. The average Bonchev–Trinajstić information content (AvgIpc) is 2.04. The quantitative estimate of drug-likeness (QED) is 0.400. The number of carbonyl (C=O) groups is 2. The lowest BCUT2D eigenvalue weighted by Gasteiger charge is -2.06. The number of hydrogen-bond acceptors (Lipinski definition) is 5. The molecule has 0 fully saturated rings. The first-order chi connectivity index (χ1) is 6.07. The molecule has 0 unspecified atom stereocenters. The normalized spacial score (nSPS) is 9.54. The predicted molar refractivity (Wildman–Crippen MR) is 44.1 cm³/mol. The Bertz CT molecular complexity index is 180. The van der Waals surface area contributed by atoms with Crippen molar-refractivity contribution in [2.45, 2.75) is 13.8 Å². The van der Waals surface area contributed by atoms with Gasteiger partial charge in [0.1, 0.15) is 0 Å². The number of hydrogen-bond donors (Lipinski definition) is 0. The SMILES string of the molecule is CC(C)C(=O)OCOC(=O)OCCl. The lowest BCUT2D eigenvalue weighted by molar-refractivity contribution is -0.156. The molecular formula is C7H11ClO5. The summed E-state index contributed by atoms with van der Waals surface area (Å²) in [5, 5.41) is 0. The fourth-order valence-corrected chi connectivity index (χ4v) is 0.478. The molecule has 0 amide bonds. The van der Waals surface area contributed by atoms with E-state index >= 15 is 0 Å². The largest absolute Gasteiger partial charge is 0.512 e. The van der Waals surface area contributed by atoms with Crippen molar-refractivity contribution in [1.29, 1.82) is 0 Å². The average molecular weight is 211 g/mol. The highest BCUT2D eigenvalue weighted by Crippen LogP contribution is 1.96. The highest BCUT2D eigenvalue weighted by molar-refractivity contribution is 6.17. The summed E-state index contributed by atoms with van der Waals surface area (Å²) in [7, 11) is 0. The molecule has 0 N–H and O–H groups in total. The van der Waals surface area contributed by atoms with E-state index < -0.39 is 18.9 Å². The van der Waals surface area contributed by atoms with Crippen molar-refractivity contribution in [3.8, 4) is 0 Å². The van der Waals surface area contributed by atoms with Crippen molar-refractivity contribution in [2.24, 2.45) is 5.92 Å². The minimum Gasteiger partial charge on any atom is -0.427 e. The third kappa shape index (κ3) is 6.21. The third-order valence-electron chi connectivity index (χ3n) is 1.02. The molecule has 0 heterocycles. The van der Waals surface area contributed by atoms with Crippen molar-refractivity contribution in [2.75, 3.05) is 12.9 Å². The van der Waals surface area contributed by atoms with E-state index in [1.54, 1.807) is 13.8 Å². The Hall–Kier alpha value is -0.970. The van der Waals surface area contributed by atoms with Crippen molar-refractivity contribution in [3.63, 3.8) is 0 Å². The van der Waals surface area contributed by atoms with E-state index in [1.807, 2.05) is 0 Å². The van der Waals surface area contributed by atoms with Gasteiger partial charge in [-0.2, -0.15) is 0 Å². The second-order valence-electron chi connectivity index (χ2n) is 2.38. The zero-order valence-corrected chi connectivity index (χ0v) is 8.17. The second-order valence-corrected chi connectivity index (χ2v) is 2.60. The van der Waals surface area contributed by atoms with E-state index in [9.17, 15) is 9.59 Å². The van der Waals surface area contributed by atoms with Crippen LogP contribution >= 0.6 is 11.6 Å². The molecule has 0 aliphatic carbocycles. The van der Waals surface area contributed by atoms with Crippen LogP contribution in [-0.2, 0) is 19.0 Å². The molecule has 0 aliphatic rings. The maximum absolute atomic E-state index is 10.8. The van der Waals surface area contributed by atoms with Crippen molar-refractivity contribution < 1.29 is 23.8 Å². The lowest BCUT2D eigenvalue weighted by atomic mass is 10.2. The zero-order chi connectivity index (χ0) is 10.3. The van der Waals surface area contributed by atoms with Crippen LogP contribution in [0.2, 0.25) is 0 Å². The van der Waals surface area contributed by atoms with Crippen LogP contribution in [0.15, 0.2) is 0 Å². The maximum atomic E-state index is 10.8. The highest BCUT2D eigenvalue weighted by atomic mass is 35.5. The Morgan fingerprint density at radius 1 is 1.23 bits per heavy atom. The molecule has 76 valence electrons. The summed E-state index contributed by atoms with van der Waals surface area (Å²) in [4.78, 5) is 21.3. The molecule has 0 saturated carbocycles. The fourth-order valence-electron chi connectivity index (χ4n) is 0.389. The van der Waals surface area contributed by atoms with Gasteiger partial charge in [-0.1, -0.05) is 25.4 Å². The van der Waals surface area contributed by atoms with Crippen LogP contribution in [0.5, 0.6) is 0 Å². The van der Waals surface area contributed by atoms with Gasteiger partial charge in [0.15, 0.2) is 6.07 Å². The fraction of sp³-hybridized carbons (Fsp3) is 0.714. The first kappa shape index (κ1) is 12.0. The van der Waals surface area contributed by atoms with Crippen LogP contribution in [0.3, 0.4) is 0 Å². The van der Waals surface area contributed by atoms with Crippen LogP contribution in [0, 0.1) is 5.92 Å².